The quantitative estimate of drug-likeness (QED) is 0.889. The molecule has 0 spiro atoms. The number of rotatable bonds is 2. The van der Waals surface area contributed by atoms with E-state index in [2.05, 4.69) is 25.9 Å². The molecule has 0 saturated heterocycles. The molecule has 6 heteroatoms. The summed E-state index contributed by atoms with van der Waals surface area (Å²) >= 11 is 15.2. The number of imidazole rings is 1. The number of hydrogen-bond acceptors (Lipinski definition) is 2. The number of aromatic amines is 1. The molecule has 1 aromatic heterocycles. The molecule has 1 heterocycles. The highest BCUT2D eigenvalue weighted by molar-refractivity contribution is 9.10. The second kappa shape index (κ2) is 4.75. The van der Waals surface area contributed by atoms with Gasteiger partial charge in [0.25, 0.3) is 0 Å². The molecule has 0 saturated carbocycles. The van der Waals surface area contributed by atoms with Crippen LogP contribution in [0.25, 0.3) is 0 Å². The summed E-state index contributed by atoms with van der Waals surface area (Å²) in [5, 5.41) is 1.12. The van der Waals surface area contributed by atoms with Crippen molar-refractivity contribution >= 4 is 39.1 Å². The van der Waals surface area contributed by atoms with Crippen molar-refractivity contribution in [1.82, 2.24) is 9.97 Å². The van der Waals surface area contributed by atoms with Crippen LogP contribution in [0.3, 0.4) is 0 Å². The molecule has 0 aliphatic carbocycles. The lowest BCUT2D eigenvalue weighted by Crippen LogP contribution is -2.14. The lowest BCUT2D eigenvalue weighted by molar-refractivity contribution is 0.800. The zero-order valence-electron chi connectivity index (χ0n) is 8.05. The Hall–Kier alpha value is -0.550. The third-order valence-corrected chi connectivity index (χ3v) is 3.12. The van der Waals surface area contributed by atoms with Gasteiger partial charge in [0.05, 0.1) is 12.2 Å². The third-order valence-electron chi connectivity index (χ3n) is 2.16. The topological polar surface area (TPSA) is 54.7 Å². The van der Waals surface area contributed by atoms with Gasteiger partial charge in [-0.15, -0.1) is 0 Å². The second-order valence-corrected chi connectivity index (χ2v) is 4.96. The Morgan fingerprint density at radius 3 is 2.69 bits per heavy atom. The first kappa shape index (κ1) is 11.9. The highest BCUT2D eigenvalue weighted by Crippen LogP contribution is 2.28. The summed E-state index contributed by atoms with van der Waals surface area (Å²) in [7, 11) is 0. The van der Waals surface area contributed by atoms with Crippen LogP contribution in [0, 0.1) is 0 Å². The number of nitrogens with one attached hydrogen (secondary N) is 1. The zero-order valence-corrected chi connectivity index (χ0v) is 11.1. The predicted octanol–water partition coefficient (Wildman–Crippen LogP) is 3.53. The van der Waals surface area contributed by atoms with Crippen molar-refractivity contribution in [3.05, 3.63) is 50.4 Å². The highest BCUT2D eigenvalue weighted by atomic mass is 79.9. The Morgan fingerprint density at radius 1 is 1.38 bits per heavy atom. The highest BCUT2D eigenvalue weighted by Gasteiger charge is 2.15. The molecule has 0 fully saturated rings. The normalized spacial score (nSPS) is 12.8. The van der Waals surface area contributed by atoms with Gasteiger partial charge >= 0.3 is 0 Å². The summed E-state index contributed by atoms with van der Waals surface area (Å²) < 4.78 is 0.781. The van der Waals surface area contributed by atoms with Gasteiger partial charge in [-0.1, -0.05) is 29.3 Å². The molecule has 1 aromatic carbocycles. The summed E-state index contributed by atoms with van der Waals surface area (Å²) in [6, 6.07) is 4.82. The number of benzene rings is 1. The minimum atomic E-state index is -0.393. The van der Waals surface area contributed by atoms with Gasteiger partial charge in [-0.3, -0.25) is 0 Å². The number of hydrogen-bond donors (Lipinski definition) is 2. The molecule has 2 rings (SSSR count). The molecule has 84 valence electrons. The number of H-pyrrole nitrogens is 1. The first-order valence-electron chi connectivity index (χ1n) is 4.49. The molecule has 0 radical (unpaired) electrons. The first-order chi connectivity index (χ1) is 7.58. The van der Waals surface area contributed by atoms with E-state index in [4.69, 9.17) is 28.9 Å². The van der Waals surface area contributed by atoms with Crippen LogP contribution in [0.5, 0.6) is 0 Å². The fraction of sp³-hybridized carbons (Fsp3) is 0.100. The van der Waals surface area contributed by atoms with Gasteiger partial charge in [0.15, 0.2) is 0 Å². The molecule has 2 aromatic rings. The van der Waals surface area contributed by atoms with E-state index in [-0.39, 0.29) is 0 Å². The van der Waals surface area contributed by atoms with E-state index in [1.54, 1.807) is 24.4 Å². The summed E-state index contributed by atoms with van der Waals surface area (Å²) in [6.45, 7) is 0. The van der Waals surface area contributed by atoms with E-state index in [9.17, 15) is 0 Å². The molecule has 1 unspecified atom stereocenters. The SMILES string of the molecule is NC(c1ncc(Br)[nH]1)c1ccc(Cl)cc1Cl. The molecule has 1 atom stereocenters. The molecule has 3 N–H and O–H groups in total. The Bertz CT molecular complexity index is 513. The molecule has 3 nitrogen and oxygen atoms in total. The largest absolute Gasteiger partial charge is 0.335 e. The van der Waals surface area contributed by atoms with Crippen molar-refractivity contribution in [3.63, 3.8) is 0 Å². The van der Waals surface area contributed by atoms with Crippen molar-refractivity contribution in [3.8, 4) is 0 Å². The van der Waals surface area contributed by atoms with Crippen LogP contribution in [-0.4, -0.2) is 9.97 Å². The first-order valence-corrected chi connectivity index (χ1v) is 6.04. The number of nitrogens with two attached hydrogens (primary N) is 1. The van der Waals surface area contributed by atoms with Crippen LogP contribution in [0.15, 0.2) is 29.0 Å². The Kier molecular flexibility index (Phi) is 3.54. The standard InChI is InChI=1S/C10H8BrCl2N3/c11-8-4-15-10(16-8)9(14)6-2-1-5(12)3-7(6)13/h1-4,9H,14H2,(H,15,16). The van der Waals surface area contributed by atoms with E-state index >= 15 is 0 Å². The number of nitrogens with zero attached hydrogens (tertiary/aromatic N) is 1. The summed E-state index contributed by atoms with van der Waals surface area (Å²) in [6.07, 6.45) is 1.65. The maximum Gasteiger partial charge on any atom is 0.128 e. The minimum absolute atomic E-state index is 0.393. The van der Waals surface area contributed by atoms with Gasteiger partial charge in [-0.05, 0) is 33.6 Å². The van der Waals surface area contributed by atoms with Gasteiger partial charge < -0.3 is 10.7 Å². The van der Waals surface area contributed by atoms with Gasteiger partial charge in [-0.2, -0.15) is 0 Å². The average molecular weight is 321 g/mol. The minimum Gasteiger partial charge on any atom is -0.335 e. The second-order valence-electron chi connectivity index (χ2n) is 3.26. The number of halogens is 3. The molecule has 0 amide bonds. The van der Waals surface area contributed by atoms with Crippen LogP contribution in [0.4, 0.5) is 0 Å². The van der Waals surface area contributed by atoms with Crippen molar-refractivity contribution in [2.45, 2.75) is 6.04 Å². The fourth-order valence-corrected chi connectivity index (χ4v) is 2.20. The van der Waals surface area contributed by atoms with Gasteiger partial charge in [0.1, 0.15) is 10.4 Å². The monoisotopic (exact) mass is 319 g/mol. The van der Waals surface area contributed by atoms with Gasteiger partial charge in [-0.25, -0.2) is 4.98 Å². The van der Waals surface area contributed by atoms with E-state index in [1.807, 2.05) is 0 Å². The average Bonchev–Trinajstić information content (AvgIpc) is 2.64. The zero-order chi connectivity index (χ0) is 11.7. The number of aromatic nitrogens is 2. The van der Waals surface area contributed by atoms with Crippen LogP contribution in [0.1, 0.15) is 17.4 Å². The Morgan fingerprint density at radius 2 is 2.12 bits per heavy atom. The van der Waals surface area contributed by atoms with Crippen LogP contribution in [-0.2, 0) is 0 Å². The van der Waals surface area contributed by atoms with Gasteiger partial charge in [0, 0.05) is 10.0 Å². The van der Waals surface area contributed by atoms with Crippen molar-refractivity contribution in [2.75, 3.05) is 0 Å². The fourth-order valence-electron chi connectivity index (χ4n) is 1.37. The maximum atomic E-state index is 6.06. The Labute approximate surface area is 111 Å². The van der Waals surface area contributed by atoms with E-state index in [1.165, 1.54) is 0 Å². The van der Waals surface area contributed by atoms with Crippen LogP contribution in [0.2, 0.25) is 10.0 Å². The van der Waals surface area contributed by atoms with Crippen LogP contribution >= 0.6 is 39.1 Å². The summed E-state index contributed by atoms with van der Waals surface area (Å²) in [5.41, 5.74) is 6.82. The molecular weight excluding hydrogens is 313 g/mol. The van der Waals surface area contributed by atoms with Crippen molar-refractivity contribution in [2.24, 2.45) is 5.73 Å². The molecule has 16 heavy (non-hydrogen) atoms. The lowest BCUT2D eigenvalue weighted by atomic mass is 10.1. The van der Waals surface area contributed by atoms with Crippen LogP contribution < -0.4 is 5.73 Å². The van der Waals surface area contributed by atoms with E-state index in [0.717, 1.165) is 10.2 Å². The maximum absolute atomic E-state index is 6.06. The predicted molar refractivity (Wildman–Crippen MR) is 68.8 cm³/mol. The molecule has 0 aliphatic heterocycles. The molecule has 0 bridgehead atoms. The van der Waals surface area contributed by atoms with E-state index < -0.39 is 6.04 Å². The molecule has 0 aliphatic rings. The summed E-state index contributed by atoms with van der Waals surface area (Å²) in [4.78, 5) is 7.14. The van der Waals surface area contributed by atoms with Crippen molar-refractivity contribution < 1.29 is 0 Å². The van der Waals surface area contributed by atoms with E-state index in [0.29, 0.717) is 15.9 Å². The molecular formula is C10H8BrCl2N3. The summed E-state index contributed by atoms with van der Waals surface area (Å²) in [5.74, 6) is 0.649. The van der Waals surface area contributed by atoms with Gasteiger partial charge in [0.2, 0.25) is 0 Å². The Balaban J connectivity index is 2.37. The van der Waals surface area contributed by atoms with Crippen molar-refractivity contribution in [1.29, 1.82) is 0 Å². The lowest BCUT2D eigenvalue weighted by Gasteiger charge is -2.11. The third kappa shape index (κ3) is 2.40. The smallest absolute Gasteiger partial charge is 0.128 e.